The van der Waals surface area contributed by atoms with Crippen LogP contribution in [0.3, 0.4) is 0 Å². The lowest BCUT2D eigenvalue weighted by molar-refractivity contribution is 0.111. The Balaban J connectivity index is 2.11. The van der Waals surface area contributed by atoms with Crippen molar-refractivity contribution < 1.29 is 4.74 Å². The maximum absolute atomic E-state index is 7.34. The van der Waals surface area contributed by atoms with Crippen LogP contribution >= 0.6 is 0 Å². The molecule has 1 aromatic rings. The number of nitrogens with zero attached hydrogens (tertiary/aromatic N) is 1. The molecule has 0 aromatic heterocycles. The van der Waals surface area contributed by atoms with Crippen LogP contribution in [0.25, 0.3) is 4.85 Å². The Bertz CT molecular complexity index is 467. The molecule has 0 saturated carbocycles. The number of fused-ring (bicyclic) bond motifs is 1. The van der Waals surface area contributed by atoms with Gasteiger partial charge in [0.25, 0.3) is 0 Å². The fraction of sp³-hybridized carbons (Fsp3) is 0.533. The average molecular weight is 227 g/mol. The van der Waals surface area contributed by atoms with E-state index < -0.39 is 0 Å². The van der Waals surface area contributed by atoms with E-state index in [9.17, 15) is 0 Å². The molecule has 0 N–H and O–H groups in total. The predicted molar refractivity (Wildman–Crippen MR) is 67.3 cm³/mol. The van der Waals surface area contributed by atoms with Gasteiger partial charge < -0.3 is 4.74 Å². The summed E-state index contributed by atoms with van der Waals surface area (Å²) in [5.74, 6) is 0. The summed E-state index contributed by atoms with van der Waals surface area (Å²) in [6, 6.07) is 4.15. The van der Waals surface area contributed by atoms with Crippen LogP contribution in [-0.2, 0) is 17.6 Å². The monoisotopic (exact) mass is 227 g/mol. The highest BCUT2D eigenvalue weighted by molar-refractivity contribution is 5.59. The zero-order valence-corrected chi connectivity index (χ0v) is 10.0. The summed E-state index contributed by atoms with van der Waals surface area (Å²) >= 11 is 0. The number of benzene rings is 1. The summed E-state index contributed by atoms with van der Waals surface area (Å²) in [5, 5.41) is 0. The SMILES string of the molecule is [C-]#[N+]c1ccc2c(c1[C@@H]1CCCO1)CCCC2. The van der Waals surface area contributed by atoms with Gasteiger partial charge in [0, 0.05) is 6.61 Å². The summed E-state index contributed by atoms with van der Waals surface area (Å²) in [6.07, 6.45) is 7.25. The molecule has 0 amide bonds. The minimum Gasteiger partial charge on any atom is -0.375 e. The summed E-state index contributed by atoms with van der Waals surface area (Å²) in [7, 11) is 0. The molecule has 3 rings (SSSR count). The van der Waals surface area contributed by atoms with Crippen molar-refractivity contribution in [3.8, 4) is 0 Å². The molecule has 1 saturated heterocycles. The second kappa shape index (κ2) is 4.50. The van der Waals surface area contributed by atoms with Crippen LogP contribution in [0.1, 0.15) is 48.5 Å². The third kappa shape index (κ3) is 1.85. The largest absolute Gasteiger partial charge is 0.375 e. The normalized spacial score (nSPS) is 23.1. The summed E-state index contributed by atoms with van der Waals surface area (Å²) in [4.78, 5) is 3.69. The summed E-state index contributed by atoms with van der Waals surface area (Å²) in [6.45, 7) is 8.19. The van der Waals surface area contributed by atoms with Crippen LogP contribution in [0.2, 0.25) is 0 Å². The van der Waals surface area contributed by atoms with Gasteiger partial charge >= 0.3 is 0 Å². The number of rotatable bonds is 1. The Morgan fingerprint density at radius 2 is 2.06 bits per heavy atom. The van der Waals surface area contributed by atoms with Gasteiger partial charge in [0.1, 0.15) is 0 Å². The fourth-order valence-corrected chi connectivity index (χ4v) is 3.11. The number of hydrogen-bond acceptors (Lipinski definition) is 1. The Kier molecular flexibility index (Phi) is 2.86. The van der Waals surface area contributed by atoms with Crippen LogP contribution < -0.4 is 0 Å². The molecule has 1 fully saturated rings. The van der Waals surface area contributed by atoms with E-state index in [0.29, 0.717) is 0 Å². The van der Waals surface area contributed by atoms with Gasteiger partial charge in [0.2, 0.25) is 0 Å². The molecule has 1 atom stereocenters. The smallest absolute Gasteiger partial charge is 0.193 e. The molecule has 2 aliphatic rings. The van der Waals surface area contributed by atoms with E-state index in [4.69, 9.17) is 11.3 Å². The van der Waals surface area contributed by atoms with Crippen LogP contribution in [-0.4, -0.2) is 6.61 Å². The van der Waals surface area contributed by atoms with Crippen LogP contribution in [0.15, 0.2) is 12.1 Å². The van der Waals surface area contributed by atoms with Crippen molar-refractivity contribution in [1.82, 2.24) is 0 Å². The number of ether oxygens (including phenoxy) is 1. The molecule has 0 spiro atoms. The number of hydrogen-bond donors (Lipinski definition) is 0. The minimum atomic E-state index is 0.187. The molecular formula is C15H17NO. The lowest BCUT2D eigenvalue weighted by Crippen LogP contribution is -2.09. The van der Waals surface area contributed by atoms with E-state index in [2.05, 4.69) is 10.9 Å². The van der Waals surface area contributed by atoms with Gasteiger partial charge in [-0.25, -0.2) is 4.85 Å². The van der Waals surface area contributed by atoms with Gasteiger partial charge in [0.05, 0.1) is 12.7 Å². The van der Waals surface area contributed by atoms with E-state index in [1.54, 1.807) is 0 Å². The molecular weight excluding hydrogens is 210 g/mol. The highest BCUT2D eigenvalue weighted by Gasteiger charge is 2.26. The van der Waals surface area contributed by atoms with Crippen LogP contribution in [0.5, 0.6) is 0 Å². The lowest BCUT2D eigenvalue weighted by atomic mass is 9.85. The zero-order valence-electron chi connectivity index (χ0n) is 10.0. The highest BCUT2D eigenvalue weighted by atomic mass is 16.5. The first-order valence-corrected chi connectivity index (χ1v) is 6.54. The van der Waals surface area contributed by atoms with Crippen molar-refractivity contribution in [3.05, 3.63) is 40.2 Å². The first kappa shape index (κ1) is 10.8. The molecule has 1 aliphatic heterocycles. The van der Waals surface area contributed by atoms with Crippen molar-refractivity contribution in [2.45, 2.75) is 44.6 Å². The van der Waals surface area contributed by atoms with Gasteiger partial charge in [-0.2, -0.15) is 0 Å². The van der Waals surface area contributed by atoms with E-state index in [1.165, 1.54) is 36.0 Å². The highest BCUT2D eigenvalue weighted by Crippen LogP contribution is 2.40. The molecule has 88 valence electrons. The molecule has 0 radical (unpaired) electrons. The quantitative estimate of drug-likeness (QED) is 0.662. The minimum absolute atomic E-state index is 0.187. The van der Waals surface area contributed by atoms with E-state index >= 15 is 0 Å². The summed E-state index contributed by atoms with van der Waals surface area (Å²) < 4.78 is 5.80. The van der Waals surface area contributed by atoms with Crippen molar-refractivity contribution in [1.29, 1.82) is 0 Å². The first-order chi connectivity index (χ1) is 8.40. The predicted octanol–water partition coefficient (Wildman–Crippen LogP) is 3.97. The molecule has 1 aromatic carbocycles. The maximum Gasteiger partial charge on any atom is 0.193 e. The second-order valence-electron chi connectivity index (χ2n) is 4.96. The maximum atomic E-state index is 7.34. The Hall–Kier alpha value is -1.33. The fourth-order valence-electron chi connectivity index (χ4n) is 3.11. The molecule has 2 heteroatoms. The summed E-state index contributed by atoms with van der Waals surface area (Å²) in [5.41, 5.74) is 4.91. The molecule has 1 aliphatic carbocycles. The first-order valence-electron chi connectivity index (χ1n) is 6.54. The molecule has 2 nitrogen and oxygen atoms in total. The van der Waals surface area contributed by atoms with Gasteiger partial charge in [-0.05, 0) is 55.2 Å². The molecule has 17 heavy (non-hydrogen) atoms. The molecule has 0 unspecified atom stereocenters. The second-order valence-corrected chi connectivity index (χ2v) is 4.96. The van der Waals surface area contributed by atoms with E-state index in [1.807, 2.05) is 6.07 Å². The van der Waals surface area contributed by atoms with Crippen molar-refractivity contribution in [2.75, 3.05) is 6.61 Å². The van der Waals surface area contributed by atoms with Crippen LogP contribution in [0.4, 0.5) is 5.69 Å². The topological polar surface area (TPSA) is 13.6 Å². The standard InChI is InChI=1S/C15H17NO/c1-16-13-9-8-11-5-2-3-6-12(11)15(13)14-7-4-10-17-14/h8-9,14H,2-7,10H2/t14-/m0/s1. The molecule has 0 bridgehead atoms. The van der Waals surface area contributed by atoms with Gasteiger partial charge in [-0.1, -0.05) is 12.1 Å². The van der Waals surface area contributed by atoms with Crippen LogP contribution in [0, 0.1) is 6.57 Å². The average Bonchev–Trinajstić information content (AvgIpc) is 2.91. The zero-order chi connectivity index (χ0) is 11.7. The Labute approximate surface area is 102 Å². The number of aryl methyl sites for hydroxylation is 1. The van der Waals surface area contributed by atoms with Gasteiger partial charge in [0.15, 0.2) is 5.69 Å². The van der Waals surface area contributed by atoms with Gasteiger partial charge in [-0.15, -0.1) is 0 Å². The molecule has 1 heterocycles. The lowest BCUT2D eigenvalue weighted by Gasteiger charge is -2.23. The third-order valence-electron chi connectivity index (χ3n) is 3.93. The third-order valence-corrected chi connectivity index (χ3v) is 3.93. The Morgan fingerprint density at radius 1 is 1.18 bits per heavy atom. The van der Waals surface area contributed by atoms with Crippen molar-refractivity contribution in [2.24, 2.45) is 0 Å². The Morgan fingerprint density at radius 3 is 2.82 bits per heavy atom. The van der Waals surface area contributed by atoms with Crippen molar-refractivity contribution >= 4 is 5.69 Å². The van der Waals surface area contributed by atoms with Crippen molar-refractivity contribution in [3.63, 3.8) is 0 Å². The van der Waals surface area contributed by atoms with E-state index in [0.717, 1.165) is 31.6 Å². The van der Waals surface area contributed by atoms with Gasteiger partial charge in [-0.3, -0.25) is 0 Å². The van der Waals surface area contributed by atoms with E-state index in [-0.39, 0.29) is 6.10 Å².